The molecule has 0 aromatic heterocycles. The van der Waals surface area contributed by atoms with Crippen molar-refractivity contribution in [2.24, 2.45) is 5.92 Å². The summed E-state index contributed by atoms with van der Waals surface area (Å²) in [7, 11) is 0. The average molecular weight is 417 g/mol. The van der Waals surface area contributed by atoms with E-state index in [-0.39, 0.29) is 17.7 Å². The van der Waals surface area contributed by atoms with E-state index in [4.69, 9.17) is 11.6 Å². The maximum Gasteiger partial charge on any atom is 0.234 e. The van der Waals surface area contributed by atoms with E-state index in [1.54, 1.807) is 12.1 Å². The van der Waals surface area contributed by atoms with Crippen LogP contribution in [0.1, 0.15) is 37.7 Å². The van der Waals surface area contributed by atoms with Crippen LogP contribution in [0.2, 0.25) is 5.02 Å². The van der Waals surface area contributed by atoms with Crippen LogP contribution in [0, 0.1) is 12.8 Å². The number of hydrogen-bond acceptors (Lipinski definition) is 3. The predicted molar refractivity (Wildman–Crippen MR) is 117 cm³/mol. The van der Waals surface area contributed by atoms with Crippen LogP contribution in [0.5, 0.6) is 0 Å². The van der Waals surface area contributed by atoms with Gasteiger partial charge < -0.3 is 10.6 Å². The Bertz CT molecular complexity index is 833. The number of halogens is 1. The minimum atomic E-state index is -0.0787. The van der Waals surface area contributed by atoms with Gasteiger partial charge in [0, 0.05) is 27.2 Å². The van der Waals surface area contributed by atoms with E-state index >= 15 is 0 Å². The number of rotatable bonds is 6. The van der Waals surface area contributed by atoms with Crippen molar-refractivity contribution in [1.29, 1.82) is 0 Å². The molecule has 1 saturated carbocycles. The van der Waals surface area contributed by atoms with Gasteiger partial charge in [0.2, 0.25) is 11.8 Å². The van der Waals surface area contributed by atoms with Gasteiger partial charge in [-0.1, -0.05) is 36.9 Å². The molecule has 28 heavy (non-hydrogen) atoms. The minimum Gasteiger partial charge on any atom is -0.326 e. The summed E-state index contributed by atoms with van der Waals surface area (Å²) in [5.74, 6) is 0.488. The van der Waals surface area contributed by atoms with E-state index in [2.05, 4.69) is 10.6 Å². The van der Waals surface area contributed by atoms with Gasteiger partial charge in [-0.25, -0.2) is 0 Å². The molecule has 0 bridgehead atoms. The van der Waals surface area contributed by atoms with Gasteiger partial charge in [0.1, 0.15) is 0 Å². The summed E-state index contributed by atoms with van der Waals surface area (Å²) < 4.78 is 0. The Hall–Kier alpha value is -1.98. The van der Waals surface area contributed by atoms with E-state index < -0.39 is 0 Å². The van der Waals surface area contributed by atoms with Crippen molar-refractivity contribution in [1.82, 2.24) is 0 Å². The molecule has 1 fully saturated rings. The maximum atomic E-state index is 12.3. The Kier molecular flexibility index (Phi) is 7.40. The summed E-state index contributed by atoms with van der Waals surface area (Å²) in [4.78, 5) is 25.5. The zero-order chi connectivity index (χ0) is 19.9. The summed E-state index contributed by atoms with van der Waals surface area (Å²) >= 11 is 7.44. The third kappa shape index (κ3) is 6.01. The van der Waals surface area contributed by atoms with Crippen LogP contribution in [0.15, 0.2) is 47.4 Å². The van der Waals surface area contributed by atoms with E-state index in [0.29, 0.717) is 10.8 Å². The molecule has 2 amide bonds. The van der Waals surface area contributed by atoms with Gasteiger partial charge in [0.15, 0.2) is 0 Å². The highest BCUT2D eigenvalue weighted by molar-refractivity contribution is 8.00. The smallest absolute Gasteiger partial charge is 0.234 e. The molecule has 0 atom stereocenters. The molecule has 0 spiro atoms. The highest BCUT2D eigenvalue weighted by atomic mass is 35.5. The molecule has 0 heterocycles. The van der Waals surface area contributed by atoms with Crippen LogP contribution in [0.4, 0.5) is 11.4 Å². The number of amides is 2. The van der Waals surface area contributed by atoms with Gasteiger partial charge in [-0.3, -0.25) is 9.59 Å². The Morgan fingerprint density at radius 1 is 1.04 bits per heavy atom. The van der Waals surface area contributed by atoms with Gasteiger partial charge in [0.05, 0.1) is 5.75 Å². The van der Waals surface area contributed by atoms with Crippen LogP contribution in [-0.4, -0.2) is 17.6 Å². The van der Waals surface area contributed by atoms with E-state index in [9.17, 15) is 9.59 Å². The second-order valence-electron chi connectivity index (χ2n) is 7.14. The number of nitrogens with one attached hydrogen (secondary N) is 2. The van der Waals surface area contributed by atoms with Gasteiger partial charge in [-0.15, -0.1) is 11.8 Å². The first-order chi connectivity index (χ1) is 13.5. The molecule has 1 aliphatic carbocycles. The molecule has 0 saturated heterocycles. The van der Waals surface area contributed by atoms with Crippen molar-refractivity contribution < 1.29 is 9.59 Å². The lowest BCUT2D eigenvalue weighted by Gasteiger charge is -2.20. The number of benzene rings is 2. The molecule has 2 aromatic rings. The zero-order valence-corrected chi connectivity index (χ0v) is 17.5. The summed E-state index contributed by atoms with van der Waals surface area (Å²) in [6, 6.07) is 13.1. The molecule has 148 valence electrons. The average Bonchev–Trinajstić information content (AvgIpc) is 2.71. The monoisotopic (exact) mass is 416 g/mol. The highest BCUT2D eigenvalue weighted by Gasteiger charge is 2.20. The van der Waals surface area contributed by atoms with E-state index in [1.165, 1.54) is 18.2 Å². The molecule has 1 aliphatic rings. The van der Waals surface area contributed by atoms with Gasteiger partial charge in [-0.2, -0.15) is 0 Å². The fourth-order valence-corrected chi connectivity index (χ4v) is 4.18. The van der Waals surface area contributed by atoms with E-state index in [0.717, 1.165) is 47.5 Å². The standard InChI is InChI=1S/C22H25ClN2O2S/c1-15-7-8-17(23)13-20(15)25-21(26)14-28-19-11-9-18(10-12-19)24-22(27)16-5-3-2-4-6-16/h7-13,16H,2-6,14H2,1H3,(H,24,27)(H,25,26). The Labute approximate surface area is 175 Å². The van der Waals surface area contributed by atoms with Crippen LogP contribution in [0.25, 0.3) is 0 Å². The summed E-state index contributed by atoms with van der Waals surface area (Å²) in [6.07, 6.45) is 5.50. The summed E-state index contributed by atoms with van der Waals surface area (Å²) in [5.41, 5.74) is 2.51. The minimum absolute atomic E-state index is 0.0787. The van der Waals surface area contributed by atoms with Gasteiger partial charge >= 0.3 is 0 Å². The maximum absolute atomic E-state index is 12.3. The first-order valence-corrected chi connectivity index (χ1v) is 11.0. The van der Waals surface area contributed by atoms with Gasteiger partial charge in [-0.05, 0) is 61.7 Å². The Morgan fingerprint density at radius 2 is 1.75 bits per heavy atom. The van der Waals surface area contributed by atoms with Crippen molar-refractivity contribution in [2.45, 2.75) is 43.9 Å². The number of anilines is 2. The fourth-order valence-electron chi connectivity index (χ4n) is 3.31. The van der Waals surface area contributed by atoms with Crippen molar-refractivity contribution >= 4 is 46.6 Å². The molecule has 2 aromatic carbocycles. The third-order valence-corrected chi connectivity index (χ3v) is 6.19. The zero-order valence-electron chi connectivity index (χ0n) is 16.0. The fraction of sp³-hybridized carbons (Fsp3) is 0.364. The van der Waals surface area contributed by atoms with Crippen molar-refractivity contribution in [3.8, 4) is 0 Å². The molecule has 4 nitrogen and oxygen atoms in total. The van der Waals surface area contributed by atoms with Crippen LogP contribution in [0.3, 0.4) is 0 Å². The van der Waals surface area contributed by atoms with Crippen LogP contribution >= 0.6 is 23.4 Å². The normalized spacial score (nSPS) is 14.5. The molecule has 3 rings (SSSR count). The SMILES string of the molecule is Cc1ccc(Cl)cc1NC(=O)CSc1ccc(NC(=O)C2CCCCC2)cc1. The quantitative estimate of drug-likeness (QED) is 0.576. The van der Waals surface area contributed by atoms with E-state index in [1.807, 2.05) is 37.3 Å². The molecule has 6 heteroatoms. The number of carbonyl (C=O) groups excluding carboxylic acids is 2. The molecule has 0 radical (unpaired) electrons. The lowest BCUT2D eigenvalue weighted by Crippen LogP contribution is -2.24. The largest absolute Gasteiger partial charge is 0.326 e. The molecule has 0 aliphatic heterocycles. The second-order valence-corrected chi connectivity index (χ2v) is 8.63. The first-order valence-electron chi connectivity index (χ1n) is 9.61. The lowest BCUT2D eigenvalue weighted by molar-refractivity contribution is -0.120. The number of thioether (sulfide) groups is 1. The number of carbonyl (C=O) groups is 2. The summed E-state index contributed by atoms with van der Waals surface area (Å²) in [6.45, 7) is 1.93. The molecular weight excluding hydrogens is 392 g/mol. The summed E-state index contributed by atoms with van der Waals surface area (Å²) in [5, 5.41) is 6.50. The van der Waals surface area contributed by atoms with Crippen LogP contribution < -0.4 is 10.6 Å². The third-order valence-electron chi connectivity index (χ3n) is 4.94. The topological polar surface area (TPSA) is 58.2 Å². The Morgan fingerprint density at radius 3 is 2.46 bits per heavy atom. The molecule has 2 N–H and O–H groups in total. The molecule has 0 unspecified atom stereocenters. The number of aryl methyl sites for hydroxylation is 1. The lowest BCUT2D eigenvalue weighted by atomic mass is 9.88. The van der Waals surface area contributed by atoms with Crippen molar-refractivity contribution in [3.05, 3.63) is 53.1 Å². The Balaban J connectivity index is 1.48. The first kappa shape index (κ1) is 20.7. The van der Waals surface area contributed by atoms with Crippen molar-refractivity contribution in [2.75, 3.05) is 16.4 Å². The van der Waals surface area contributed by atoms with Crippen LogP contribution in [-0.2, 0) is 9.59 Å². The second kappa shape index (κ2) is 9.99. The predicted octanol–water partition coefficient (Wildman–Crippen LogP) is 5.90. The highest BCUT2D eigenvalue weighted by Crippen LogP contribution is 2.26. The van der Waals surface area contributed by atoms with Gasteiger partial charge in [0.25, 0.3) is 0 Å². The molecular formula is C22H25ClN2O2S. The number of hydrogen-bond donors (Lipinski definition) is 2. The van der Waals surface area contributed by atoms with Crippen molar-refractivity contribution in [3.63, 3.8) is 0 Å².